The number of hydrogen-bond acceptors (Lipinski definition) is 5. The average Bonchev–Trinajstić information content (AvgIpc) is 2.74. The Bertz CT molecular complexity index is 838. The van der Waals surface area contributed by atoms with E-state index < -0.39 is 0 Å². The lowest BCUT2D eigenvalue weighted by molar-refractivity contribution is -0.123. The van der Waals surface area contributed by atoms with Crippen LogP contribution < -0.4 is 19.7 Å². The summed E-state index contributed by atoms with van der Waals surface area (Å²) in [5.74, 6) is 1.46. The molecule has 7 heteroatoms. The molecule has 0 saturated carbocycles. The van der Waals surface area contributed by atoms with Crippen LogP contribution in [0, 0.1) is 0 Å². The Morgan fingerprint density at radius 2 is 1.83 bits per heavy atom. The van der Waals surface area contributed by atoms with Crippen LogP contribution >= 0.6 is 11.6 Å². The highest BCUT2D eigenvalue weighted by molar-refractivity contribution is 6.33. The number of anilines is 1. The Hall–Kier alpha value is -2.44. The van der Waals surface area contributed by atoms with Gasteiger partial charge in [-0.3, -0.25) is 9.69 Å². The van der Waals surface area contributed by atoms with Crippen LogP contribution in [0.25, 0.3) is 0 Å². The van der Waals surface area contributed by atoms with Gasteiger partial charge in [-0.05, 0) is 37.3 Å². The molecule has 6 nitrogen and oxygen atoms in total. The second-order valence-corrected chi connectivity index (χ2v) is 7.52. The summed E-state index contributed by atoms with van der Waals surface area (Å²) in [6, 6.07) is 13.3. The van der Waals surface area contributed by atoms with Gasteiger partial charge in [0, 0.05) is 31.7 Å². The maximum Gasteiger partial charge on any atom is 0.234 e. The number of benzene rings is 2. The third-order valence-electron chi connectivity index (χ3n) is 5.21. The quantitative estimate of drug-likeness (QED) is 0.748. The number of rotatable bonds is 7. The molecular weight excluding hydrogens is 390 g/mol. The van der Waals surface area contributed by atoms with Gasteiger partial charge in [-0.1, -0.05) is 23.7 Å². The molecule has 156 valence electrons. The van der Waals surface area contributed by atoms with Gasteiger partial charge in [-0.2, -0.15) is 0 Å². The molecule has 0 bridgehead atoms. The number of ether oxygens (including phenoxy) is 2. The van der Waals surface area contributed by atoms with Crippen LogP contribution in [0.3, 0.4) is 0 Å². The molecule has 2 aromatic carbocycles. The molecule has 1 fully saturated rings. The molecule has 3 rings (SSSR count). The first-order chi connectivity index (χ1) is 14.0. The third kappa shape index (κ3) is 5.34. The summed E-state index contributed by atoms with van der Waals surface area (Å²) < 4.78 is 10.7. The summed E-state index contributed by atoms with van der Waals surface area (Å²) in [6.07, 6.45) is 0. The first kappa shape index (κ1) is 21.3. The maximum atomic E-state index is 12.6. The molecule has 0 radical (unpaired) electrons. The summed E-state index contributed by atoms with van der Waals surface area (Å²) in [5, 5.41) is 3.83. The monoisotopic (exact) mass is 417 g/mol. The number of halogens is 1. The fourth-order valence-electron chi connectivity index (χ4n) is 3.60. The zero-order valence-corrected chi connectivity index (χ0v) is 17.9. The van der Waals surface area contributed by atoms with E-state index in [0.29, 0.717) is 6.54 Å². The lowest BCUT2D eigenvalue weighted by Gasteiger charge is -2.36. The van der Waals surface area contributed by atoms with E-state index in [9.17, 15) is 4.79 Å². The highest BCUT2D eigenvalue weighted by Crippen LogP contribution is 2.29. The summed E-state index contributed by atoms with van der Waals surface area (Å²) in [7, 11) is 3.25. The molecule has 1 amide bonds. The van der Waals surface area contributed by atoms with Gasteiger partial charge in [0.05, 0.1) is 37.5 Å². The van der Waals surface area contributed by atoms with Crippen molar-refractivity contribution in [3.63, 3.8) is 0 Å². The van der Waals surface area contributed by atoms with E-state index in [4.69, 9.17) is 21.1 Å². The van der Waals surface area contributed by atoms with E-state index in [1.165, 1.54) is 0 Å². The van der Waals surface area contributed by atoms with E-state index in [1.807, 2.05) is 49.4 Å². The number of carbonyl (C=O) groups is 1. The van der Waals surface area contributed by atoms with E-state index in [1.54, 1.807) is 14.2 Å². The molecule has 1 atom stereocenters. The summed E-state index contributed by atoms with van der Waals surface area (Å²) in [4.78, 5) is 17.0. The standard InChI is InChI=1S/C22H28ClN3O3/c1-16(18-14-17(28-2)8-9-21(18)29-3)24-22(27)15-25-10-12-26(13-11-25)20-7-5-4-6-19(20)23/h4-9,14,16H,10-13,15H2,1-3H3,(H,24,27)/t16-/m1/s1. The van der Waals surface area contributed by atoms with Gasteiger partial charge in [0.25, 0.3) is 0 Å². The van der Waals surface area contributed by atoms with Crippen molar-refractivity contribution < 1.29 is 14.3 Å². The van der Waals surface area contributed by atoms with Crippen molar-refractivity contribution in [3.05, 3.63) is 53.1 Å². The first-order valence-electron chi connectivity index (χ1n) is 9.75. The fraction of sp³-hybridized carbons (Fsp3) is 0.409. The molecule has 0 unspecified atom stereocenters. The van der Waals surface area contributed by atoms with Gasteiger partial charge in [0.1, 0.15) is 11.5 Å². The number of methoxy groups -OCH3 is 2. The van der Waals surface area contributed by atoms with Crippen molar-refractivity contribution in [2.45, 2.75) is 13.0 Å². The van der Waals surface area contributed by atoms with Crippen molar-refractivity contribution in [1.82, 2.24) is 10.2 Å². The molecule has 0 aliphatic carbocycles. The number of nitrogens with one attached hydrogen (secondary N) is 1. The first-order valence-corrected chi connectivity index (χ1v) is 10.1. The average molecular weight is 418 g/mol. The van der Waals surface area contributed by atoms with Gasteiger partial charge >= 0.3 is 0 Å². The highest BCUT2D eigenvalue weighted by atomic mass is 35.5. The summed E-state index contributed by atoms with van der Waals surface area (Å²) in [6.45, 7) is 5.63. The molecular formula is C22H28ClN3O3. The van der Waals surface area contributed by atoms with Gasteiger partial charge < -0.3 is 19.7 Å². The number of para-hydroxylation sites is 1. The fourth-order valence-corrected chi connectivity index (χ4v) is 3.86. The lowest BCUT2D eigenvalue weighted by Crippen LogP contribution is -2.49. The molecule has 1 heterocycles. The van der Waals surface area contributed by atoms with Crippen LogP contribution in [0.2, 0.25) is 5.02 Å². The zero-order valence-electron chi connectivity index (χ0n) is 17.2. The van der Waals surface area contributed by atoms with Gasteiger partial charge in [0.2, 0.25) is 5.91 Å². The molecule has 1 aliphatic heterocycles. The van der Waals surface area contributed by atoms with Crippen molar-refractivity contribution in [2.75, 3.05) is 51.8 Å². The van der Waals surface area contributed by atoms with Gasteiger partial charge in [0.15, 0.2) is 0 Å². The van der Waals surface area contributed by atoms with Crippen LogP contribution in [-0.4, -0.2) is 57.8 Å². The topological polar surface area (TPSA) is 54.0 Å². The van der Waals surface area contributed by atoms with E-state index in [0.717, 1.165) is 54.0 Å². The van der Waals surface area contributed by atoms with Crippen molar-refractivity contribution in [1.29, 1.82) is 0 Å². The number of hydrogen-bond donors (Lipinski definition) is 1. The molecule has 1 N–H and O–H groups in total. The Morgan fingerprint density at radius 3 is 2.48 bits per heavy atom. The van der Waals surface area contributed by atoms with E-state index in [2.05, 4.69) is 15.1 Å². The molecule has 2 aromatic rings. The Morgan fingerprint density at radius 1 is 1.10 bits per heavy atom. The second kappa shape index (κ2) is 9.85. The molecule has 1 saturated heterocycles. The normalized spacial score (nSPS) is 15.7. The minimum Gasteiger partial charge on any atom is -0.497 e. The number of carbonyl (C=O) groups excluding carboxylic acids is 1. The molecule has 29 heavy (non-hydrogen) atoms. The minimum absolute atomic E-state index is 0.00596. The number of amides is 1. The van der Waals surface area contributed by atoms with Crippen LogP contribution in [0.1, 0.15) is 18.5 Å². The third-order valence-corrected chi connectivity index (χ3v) is 5.53. The van der Waals surface area contributed by atoms with E-state index >= 15 is 0 Å². The smallest absolute Gasteiger partial charge is 0.234 e. The van der Waals surface area contributed by atoms with Crippen molar-refractivity contribution in [2.24, 2.45) is 0 Å². The lowest BCUT2D eigenvalue weighted by atomic mass is 10.1. The van der Waals surface area contributed by atoms with E-state index in [-0.39, 0.29) is 11.9 Å². The predicted molar refractivity (Wildman–Crippen MR) is 116 cm³/mol. The SMILES string of the molecule is COc1ccc(OC)c([C@@H](C)NC(=O)CN2CCN(c3ccccc3Cl)CC2)c1. The number of nitrogens with zero attached hydrogens (tertiary/aromatic N) is 2. The predicted octanol–water partition coefficient (Wildman–Crippen LogP) is 3.36. The maximum absolute atomic E-state index is 12.6. The van der Waals surface area contributed by atoms with Crippen LogP contribution in [0.4, 0.5) is 5.69 Å². The molecule has 0 aromatic heterocycles. The molecule has 0 spiro atoms. The van der Waals surface area contributed by atoms with Crippen molar-refractivity contribution in [3.8, 4) is 11.5 Å². The van der Waals surface area contributed by atoms with Gasteiger partial charge in [-0.25, -0.2) is 0 Å². The van der Waals surface area contributed by atoms with Gasteiger partial charge in [-0.15, -0.1) is 0 Å². The van der Waals surface area contributed by atoms with Crippen LogP contribution in [-0.2, 0) is 4.79 Å². The Kier molecular flexibility index (Phi) is 7.23. The summed E-state index contributed by atoms with van der Waals surface area (Å²) in [5.41, 5.74) is 1.95. The van der Waals surface area contributed by atoms with Crippen LogP contribution in [0.15, 0.2) is 42.5 Å². The highest BCUT2D eigenvalue weighted by Gasteiger charge is 2.22. The Labute approximate surface area is 177 Å². The van der Waals surface area contributed by atoms with Crippen LogP contribution in [0.5, 0.6) is 11.5 Å². The second-order valence-electron chi connectivity index (χ2n) is 7.11. The minimum atomic E-state index is -0.183. The largest absolute Gasteiger partial charge is 0.497 e. The zero-order chi connectivity index (χ0) is 20.8. The number of piperazine rings is 1. The summed E-state index contributed by atoms with van der Waals surface area (Å²) >= 11 is 6.30. The van der Waals surface area contributed by atoms with Crippen molar-refractivity contribution >= 4 is 23.2 Å². The Balaban J connectivity index is 1.53. The molecule has 1 aliphatic rings.